The first-order valence-corrected chi connectivity index (χ1v) is 3.39. The summed E-state index contributed by atoms with van der Waals surface area (Å²) in [5.41, 5.74) is 0. The largest absolute Gasteiger partial charge is 0.393 e. The maximum Gasteiger partial charge on any atom is 0.313 e. The normalized spacial score (nSPS) is 16.5. The molecule has 0 radical (unpaired) electrons. The molecular weight excluding hydrogens is 132 g/mol. The van der Waals surface area contributed by atoms with Crippen LogP contribution in [0.3, 0.4) is 0 Å². The van der Waals surface area contributed by atoms with E-state index in [1.54, 1.807) is 0 Å². The van der Waals surface area contributed by atoms with E-state index in [4.69, 9.17) is 0 Å². The Balaban J connectivity index is 2.14. The van der Waals surface area contributed by atoms with Gasteiger partial charge in [0, 0.05) is 13.3 Å². The maximum atomic E-state index is 10.7. The predicted molar refractivity (Wildman–Crippen MR) is 34.1 cm³/mol. The molecule has 3 nitrogen and oxygen atoms in total. The van der Waals surface area contributed by atoms with Crippen molar-refractivity contribution in [3.05, 3.63) is 0 Å². The number of ether oxygens (including phenoxy) is 1. The van der Waals surface area contributed by atoms with Crippen LogP contribution in [0.25, 0.3) is 0 Å². The lowest BCUT2D eigenvalue weighted by Gasteiger charge is -1.95. The summed E-state index contributed by atoms with van der Waals surface area (Å²) in [4.78, 5) is 20.9. The number of esters is 2. The lowest BCUT2D eigenvalue weighted by atomic mass is 10.3. The van der Waals surface area contributed by atoms with E-state index in [1.807, 2.05) is 0 Å². The van der Waals surface area contributed by atoms with E-state index in [-0.39, 0.29) is 5.97 Å². The molecule has 1 aliphatic rings. The van der Waals surface area contributed by atoms with Gasteiger partial charge < -0.3 is 4.74 Å². The molecule has 0 aromatic carbocycles. The minimum absolute atomic E-state index is 0.380. The van der Waals surface area contributed by atoms with E-state index < -0.39 is 5.97 Å². The highest BCUT2D eigenvalue weighted by molar-refractivity contribution is 5.84. The molecule has 0 N–H and O–H groups in total. The smallest absolute Gasteiger partial charge is 0.313 e. The van der Waals surface area contributed by atoms with Gasteiger partial charge in [0.25, 0.3) is 0 Å². The Morgan fingerprint density at radius 2 is 2.10 bits per heavy atom. The summed E-state index contributed by atoms with van der Waals surface area (Å²) in [6.07, 6.45) is 2.62. The summed E-state index contributed by atoms with van der Waals surface area (Å²) in [6, 6.07) is 0. The summed E-state index contributed by atoms with van der Waals surface area (Å²) in [5.74, 6) is -0.396. The van der Waals surface area contributed by atoms with Crippen LogP contribution in [0, 0.1) is 5.92 Å². The Labute approximate surface area is 59.4 Å². The Hall–Kier alpha value is -0.860. The predicted octanol–water partition coefficient (Wildman–Crippen LogP) is 0.876. The summed E-state index contributed by atoms with van der Waals surface area (Å²) in [7, 11) is 0. The molecule has 0 unspecified atom stereocenters. The van der Waals surface area contributed by atoms with Gasteiger partial charge in [-0.05, 0) is 18.8 Å². The van der Waals surface area contributed by atoms with Crippen LogP contribution in [-0.4, -0.2) is 11.9 Å². The van der Waals surface area contributed by atoms with Gasteiger partial charge in [-0.15, -0.1) is 0 Å². The van der Waals surface area contributed by atoms with Crippen LogP contribution in [0.1, 0.15) is 26.2 Å². The molecule has 3 heteroatoms. The Morgan fingerprint density at radius 1 is 1.50 bits per heavy atom. The van der Waals surface area contributed by atoms with Gasteiger partial charge in [-0.2, -0.15) is 0 Å². The molecule has 0 atom stereocenters. The Kier molecular flexibility index (Phi) is 2.04. The van der Waals surface area contributed by atoms with Crippen molar-refractivity contribution in [2.75, 3.05) is 0 Å². The lowest BCUT2D eigenvalue weighted by Crippen LogP contribution is -2.08. The van der Waals surface area contributed by atoms with Crippen LogP contribution in [0.5, 0.6) is 0 Å². The zero-order chi connectivity index (χ0) is 7.56. The second-order valence-electron chi connectivity index (χ2n) is 2.61. The molecule has 0 aliphatic heterocycles. The number of carbonyl (C=O) groups excluding carboxylic acids is 2. The van der Waals surface area contributed by atoms with Crippen molar-refractivity contribution in [1.29, 1.82) is 0 Å². The highest BCUT2D eigenvalue weighted by Crippen LogP contribution is 2.32. The van der Waals surface area contributed by atoms with Gasteiger partial charge in [-0.1, -0.05) is 0 Å². The number of hydrogen-bond acceptors (Lipinski definition) is 3. The van der Waals surface area contributed by atoms with Crippen molar-refractivity contribution in [2.24, 2.45) is 5.92 Å². The average Bonchev–Trinajstić information content (AvgIpc) is 2.46. The first-order chi connectivity index (χ1) is 4.68. The van der Waals surface area contributed by atoms with E-state index >= 15 is 0 Å². The van der Waals surface area contributed by atoms with Crippen molar-refractivity contribution in [2.45, 2.75) is 26.2 Å². The van der Waals surface area contributed by atoms with Gasteiger partial charge in [0.2, 0.25) is 0 Å². The molecule has 56 valence electrons. The molecule has 0 spiro atoms. The number of carbonyl (C=O) groups is 2. The fraction of sp³-hybridized carbons (Fsp3) is 0.714. The Bertz CT molecular complexity index is 158. The van der Waals surface area contributed by atoms with Gasteiger partial charge >= 0.3 is 11.9 Å². The zero-order valence-electron chi connectivity index (χ0n) is 5.92. The van der Waals surface area contributed by atoms with Gasteiger partial charge in [0.05, 0.1) is 0 Å². The highest BCUT2D eigenvalue weighted by atomic mass is 16.6. The van der Waals surface area contributed by atoms with Crippen molar-refractivity contribution >= 4 is 11.9 Å². The molecule has 0 bridgehead atoms. The summed E-state index contributed by atoms with van der Waals surface area (Å²) in [5, 5.41) is 0. The van der Waals surface area contributed by atoms with Gasteiger partial charge in [-0.3, -0.25) is 9.59 Å². The molecule has 0 amide bonds. The number of rotatable bonds is 2. The minimum atomic E-state index is -0.509. The van der Waals surface area contributed by atoms with E-state index in [2.05, 4.69) is 4.74 Å². The molecule has 1 aliphatic carbocycles. The molecule has 0 aromatic rings. The maximum absolute atomic E-state index is 10.7. The number of hydrogen-bond donors (Lipinski definition) is 0. The molecule has 1 fully saturated rings. The van der Waals surface area contributed by atoms with Crippen molar-refractivity contribution in [1.82, 2.24) is 0 Å². The summed E-state index contributed by atoms with van der Waals surface area (Å²) < 4.78 is 4.32. The van der Waals surface area contributed by atoms with Gasteiger partial charge in [-0.25, -0.2) is 0 Å². The van der Waals surface area contributed by atoms with Crippen LogP contribution in [0.15, 0.2) is 0 Å². The molecule has 10 heavy (non-hydrogen) atoms. The highest BCUT2D eigenvalue weighted by Gasteiger charge is 2.25. The summed E-state index contributed by atoms with van der Waals surface area (Å²) >= 11 is 0. The first-order valence-electron chi connectivity index (χ1n) is 3.39. The van der Waals surface area contributed by atoms with E-state index in [0.29, 0.717) is 12.3 Å². The fourth-order valence-corrected chi connectivity index (χ4v) is 0.760. The van der Waals surface area contributed by atoms with Crippen molar-refractivity contribution in [3.63, 3.8) is 0 Å². The van der Waals surface area contributed by atoms with Crippen LogP contribution >= 0.6 is 0 Å². The quantitative estimate of drug-likeness (QED) is 0.424. The monoisotopic (exact) mass is 142 g/mol. The van der Waals surface area contributed by atoms with Crippen molar-refractivity contribution in [3.8, 4) is 0 Å². The third-order valence-electron chi connectivity index (χ3n) is 1.41. The molecule has 0 aromatic heterocycles. The third-order valence-corrected chi connectivity index (χ3v) is 1.41. The van der Waals surface area contributed by atoms with Gasteiger partial charge in [0.15, 0.2) is 0 Å². The fourth-order valence-electron chi connectivity index (χ4n) is 0.760. The zero-order valence-corrected chi connectivity index (χ0v) is 5.92. The molecule has 1 saturated carbocycles. The molecule has 0 saturated heterocycles. The lowest BCUT2D eigenvalue weighted by molar-refractivity contribution is -0.158. The first kappa shape index (κ1) is 7.25. The van der Waals surface area contributed by atoms with E-state index in [0.717, 1.165) is 12.8 Å². The Morgan fingerprint density at radius 3 is 2.50 bits per heavy atom. The second-order valence-corrected chi connectivity index (χ2v) is 2.61. The third kappa shape index (κ3) is 2.62. The SMILES string of the molecule is CC(=O)OC(=O)CC1CC1. The second kappa shape index (κ2) is 2.82. The average molecular weight is 142 g/mol. The van der Waals surface area contributed by atoms with Crippen molar-refractivity contribution < 1.29 is 14.3 Å². The molecule has 0 heterocycles. The van der Waals surface area contributed by atoms with Crippen LogP contribution in [0.2, 0.25) is 0 Å². The van der Waals surface area contributed by atoms with Crippen LogP contribution < -0.4 is 0 Å². The van der Waals surface area contributed by atoms with E-state index in [1.165, 1.54) is 6.92 Å². The van der Waals surface area contributed by atoms with Crippen LogP contribution in [0.4, 0.5) is 0 Å². The standard InChI is InChI=1S/C7H10O3/c1-5(8)10-7(9)4-6-2-3-6/h6H,2-4H2,1H3. The molecular formula is C7H10O3. The minimum Gasteiger partial charge on any atom is -0.393 e. The van der Waals surface area contributed by atoms with Gasteiger partial charge in [0.1, 0.15) is 0 Å². The van der Waals surface area contributed by atoms with Crippen LogP contribution in [-0.2, 0) is 14.3 Å². The van der Waals surface area contributed by atoms with E-state index in [9.17, 15) is 9.59 Å². The topological polar surface area (TPSA) is 43.4 Å². The summed E-state index contributed by atoms with van der Waals surface area (Å²) in [6.45, 7) is 1.24. The molecule has 1 rings (SSSR count).